The molecular weight excluding hydrogens is 280 g/mol. The Labute approximate surface area is 131 Å². The van der Waals surface area contributed by atoms with Crippen molar-refractivity contribution in [1.82, 2.24) is 10.2 Å². The maximum atomic E-state index is 11.7. The molecule has 1 aromatic carbocycles. The molecule has 2 aliphatic rings. The number of esters is 1. The number of carbonyl (C=O) groups is 2. The van der Waals surface area contributed by atoms with Crippen LogP contribution in [0.2, 0.25) is 0 Å². The van der Waals surface area contributed by atoms with E-state index in [1.54, 1.807) is 0 Å². The van der Waals surface area contributed by atoms with Crippen LogP contribution in [0, 0.1) is 5.92 Å². The van der Waals surface area contributed by atoms with Gasteiger partial charge in [0, 0.05) is 0 Å². The van der Waals surface area contributed by atoms with Crippen LogP contribution in [0.25, 0.3) is 0 Å². The molecule has 0 bridgehead atoms. The lowest BCUT2D eigenvalue weighted by atomic mass is 9.88. The van der Waals surface area contributed by atoms with Crippen molar-refractivity contribution in [3.05, 3.63) is 35.9 Å². The lowest BCUT2D eigenvalue weighted by Crippen LogP contribution is -2.62. The summed E-state index contributed by atoms with van der Waals surface area (Å²) in [6, 6.07) is 9.02. The molecule has 3 rings (SSSR count). The van der Waals surface area contributed by atoms with E-state index in [-0.39, 0.29) is 24.4 Å². The molecule has 2 saturated heterocycles. The van der Waals surface area contributed by atoms with Crippen molar-refractivity contribution in [3.8, 4) is 0 Å². The van der Waals surface area contributed by atoms with E-state index in [2.05, 4.69) is 17.3 Å². The minimum atomic E-state index is -0.462. The van der Waals surface area contributed by atoms with Gasteiger partial charge in [0.2, 0.25) is 5.91 Å². The minimum Gasteiger partial charge on any atom is -0.459 e. The summed E-state index contributed by atoms with van der Waals surface area (Å²) in [6.45, 7) is 4.78. The average Bonchev–Trinajstić information content (AvgIpc) is 2.50. The van der Waals surface area contributed by atoms with Crippen molar-refractivity contribution in [2.24, 2.45) is 5.92 Å². The van der Waals surface area contributed by atoms with Crippen LogP contribution in [0.1, 0.15) is 25.3 Å². The number of ether oxygens (including phenoxy) is 1. The molecular formula is C17H24N2O3. The van der Waals surface area contributed by atoms with Crippen LogP contribution in [0.5, 0.6) is 0 Å². The molecule has 5 nitrogen and oxygen atoms in total. The van der Waals surface area contributed by atoms with E-state index < -0.39 is 6.04 Å². The Morgan fingerprint density at radius 2 is 1.95 bits per heavy atom. The van der Waals surface area contributed by atoms with Crippen LogP contribution in [-0.4, -0.2) is 43.0 Å². The van der Waals surface area contributed by atoms with Gasteiger partial charge in [-0.05, 0) is 38.5 Å². The average molecular weight is 304 g/mol. The Morgan fingerprint density at radius 3 is 2.41 bits per heavy atom. The summed E-state index contributed by atoms with van der Waals surface area (Å²) in [6.07, 6.45) is 2.08. The molecule has 1 N–H and O–H groups in total. The first kappa shape index (κ1) is 16.5. The van der Waals surface area contributed by atoms with E-state index in [0.29, 0.717) is 6.42 Å². The summed E-state index contributed by atoms with van der Waals surface area (Å²) in [7, 11) is 2.14. The van der Waals surface area contributed by atoms with Gasteiger partial charge in [0.05, 0.1) is 5.92 Å². The molecule has 0 spiro atoms. The van der Waals surface area contributed by atoms with E-state index >= 15 is 0 Å². The molecule has 2 aliphatic heterocycles. The number of benzene rings is 1. The largest absolute Gasteiger partial charge is 0.459 e. The van der Waals surface area contributed by atoms with E-state index in [4.69, 9.17) is 4.74 Å². The van der Waals surface area contributed by atoms with Gasteiger partial charge in [-0.3, -0.25) is 4.79 Å². The van der Waals surface area contributed by atoms with Crippen molar-refractivity contribution in [2.75, 3.05) is 20.1 Å². The van der Waals surface area contributed by atoms with Gasteiger partial charge in [-0.2, -0.15) is 0 Å². The first-order valence-corrected chi connectivity index (χ1v) is 7.81. The number of amides is 1. The van der Waals surface area contributed by atoms with Gasteiger partial charge in [-0.25, -0.2) is 4.79 Å². The van der Waals surface area contributed by atoms with E-state index in [1.165, 1.54) is 19.5 Å². The molecule has 2 fully saturated rings. The molecule has 120 valence electrons. The fourth-order valence-electron chi connectivity index (χ4n) is 2.35. The highest BCUT2D eigenvalue weighted by molar-refractivity contribution is 5.97. The summed E-state index contributed by atoms with van der Waals surface area (Å²) in [4.78, 5) is 25.1. The topological polar surface area (TPSA) is 58.6 Å². The van der Waals surface area contributed by atoms with Crippen LogP contribution >= 0.6 is 0 Å². The van der Waals surface area contributed by atoms with Crippen LogP contribution in [0.4, 0.5) is 0 Å². The second-order valence-corrected chi connectivity index (χ2v) is 5.75. The number of β-lactam (4-membered cyclic amide) rings is 1. The standard InChI is InChI=1S/C13H15NO3.C4H9N/c1-2-10-11(14-12(10)15)13(16)17-8-9-6-4-3-5-7-9;1-5-3-2-4-5/h3-7,10-11H,2,8H2,1H3,(H,14,15);2-4H2,1H3. The van der Waals surface area contributed by atoms with Crippen molar-refractivity contribution in [1.29, 1.82) is 0 Å². The third-order valence-electron chi connectivity index (χ3n) is 4.03. The van der Waals surface area contributed by atoms with Gasteiger partial charge in [0.25, 0.3) is 0 Å². The third kappa shape index (κ3) is 4.31. The SMILES string of the molecule is CCC1C(=O)NC1C(=O)OCc1ccccc1.CN1CCC1. The number of hydrogen-bond donors (Lipinski definition) is 1. The Hall–Kier alpha value is -1.88. The van der Waals surface area contributed by atoms with Crippen molar-refractivity contribution in [2.45, 2.75) is 32.4 Å². The minimum absolute atomic E-state index is 0.0610. The number of carbonyl (C=O) groups excluding carboxylic acids is 2. The van der Waals surface area contributed by atoms with Crippen molar-refractivity contribution < 1.29 is 14.3 Å². The van der Waals surface area contributed by atoms with Gasteiger partial charge in [-0.1, -0.05) is 37.3 Å². The van der Waals surface area contributed by atoms with E-state index in [9.17, 15) is 9.59 Å². The molecule has 1 amide bonds. The Bertz CT molecular complexity index is 500. The summed E-state index contributed by atoms with van der Waals surface area (Å²) in [5.41, 5.74) is 0.944. The fourth-order valence-corrected chi connectivity index (χ4v) is 2.35. The number of nitrogens with one attached hydrogen (secondary N) is 1. The van der Waals surface area contributed by atoms with Gasteiger partial charge in [-0.15, -0.1) is 0 Å². The Kier molecular flexibility index (Phi) is 5.95. The zero-order valence-corrected chi connectivity index (χ0v) is 13.2. The molecule has 2 atom stereocenters. The molecule has 0 radical (unpaired) electrons. The highest BCUT2D eigenvalue weighted by Crippen LogP contribution is 2.20. The summed E-state index contributed by atoms with van der Waals surface area (Å²) in [5, 5.41) is 2.57. The molecule has 2 heterocycles. The maximum Gasteiger partial charge on any atom is 0.329 e. The highest BCUT2D eigenvalue weighted by Gasteiger charge is 2.43. The van der Waals surface area contributed by atoms with Gasteiger partial charge >= 0.3 is 5.97 Å². The number of rotatable bonds is 4. The number of likely N-dealkylation sites (tertiary alicyclic amines) is 1. The molecule has 5 heteroatoms. The fraction of sp³-hybridized carbons (Fsp3) is 0.529. The zero-order chi connectivity index (χ0) is 15.9. The summed E-state index contributed by atoms with van der Waals surface area (Å²) < 4.78 is 5.16. The maximum absolute atomic E-state index is 11.7. The Balaban J connectivity index is 0.000000299. The molecule has 2 unspecified atom stereocenters. The smallest absolute Gasteiger partial charge is 0.329 e. The van der Waals surface area contributed by atoms with Crippen molar-refractivity contribution in [3.63, 3.8) is 0 Å². The summed E-state index contributed by atoms with van der Waals surface area (Å²) >= 11 is 0. The molecule has 1 aromatic rings. The second-order valence-electron chi connectivity index (χ2n) is 5.75. The lowest BCUT2D eigenvalue weighted by Gasteiger charge is -2.33. The first-order chi connectivity index (χ1) is 10.6. The van der Waals surface area contributed by atoms with Crippen LogP contribution in [0.15, 0.2) is 30.3 Å². The van der Waals surface area contributed by atoms with Gasteiger partial charge in [0.15, 0.2) is 0 Å². The van der Waals surface area contributed by atoms with Crippen LogP contribution in [0.3, 0.4) is 0 Å². The van der Waals surface area contributed by atoms with Crippen LogP contribution in [-0.2, 0) is 20.9 Å². The normalized spacial score (nSPS) is 23.3. The van der Waals surface area contributed by atoms with Crippen LogP contribution < -0.4 is 5.32 Å². The Morgan fingerprint density at radius 1 is 1.32 bits per heavy atom. The van der Waals surface area contributed by atoms with E-state index in [0.717, 1.165) is 5.56 Å². The number of hydrogen-bond acceptors (Lipinski definition) is 4. The zero-order valence-electron chi connectivity index (χ0n) is 13.2. The van der Waals surface area contributed by atoms with Gasteiger partial charge < -0.3 is 15.0 Å². The molecule has 0 saturated carbocycles. The third-order valence-corrected chi connectivity index (χ3v) is 4.03. The monoisotopic (exact) mass is 304 g/mol. The molecule has 0 aromatic heterocycles. The lowest BCUT2D eigenvalue weighted by molar-refractivity contribution is -0.159. The second kappa shape index (κ2) is 7.94. The quantitative estimate of drug-likeness (QED) is 0.678. The first-order valence-electron chi connectivity index (χ1n) is 7.81. The predicted molar refractivity (Wildman–Crippen MR) is 84.1 cm³/mol. The predicted octanol–water partition coefficient (Wildman–Crippen LogP) is 1.58. The van der Waals surface area contributed by atoms with Gasteiger partial charge in [0.1, 0.15) is 12.6 Å². The van der Waals surface area contributed by atoms with Crippen molar-refractivity contribution >= 4 is 11.9 Å². The summed E-state index contributed by atoms with van der Waals surface area (Å²) in [5.74, 6) is -0.632. The molecule has 22 heavy (non-hydrogen) atoms. The number of nitrogens with zero attached hydrogens (tertiary/aromatic N) is 1. The highest BCUT2D eigenvalue weighted by atomic mass is 16.5. The van der Waals surface area contributed by atoms with E-state index in [1.807, 2.05) is 37.3 Å². The molecule has 0 aliphatic carbocycles.